The summed E-state index contributed by atoms with van der Waals surface area (Å²) in [5, 5.41) is 3.10. The van der Waals surface area contributed by atoms with Crippen LogP contribution in [0.1, 0.15) is 34.6 Å². The number of imide groups is 1. The number of anilines is 2. The fourth-order valence-corrected chi connectivity index (χ4v) is 2.65. The third kappa shape index (κ3) is 2.67. The highest BCUT2D eigenvalue weighted by atomic mass is 35.5. The molecule has 0 aromatic heterocycles. The maximum atomic E-state index is 12.6. The van der Waals surface area contributed by atoms with E-state index in [-0.39, 0.29) is 17.5 Å². The van der Waals surface area contributed by atoms with E-state index in [1.807, 2.05) is 0 Å². The summed E-state index contributed by atoms with van der Waals surface area (Å²) in [6.07, 6.45) is 0. The molecular formula is C18H15ClN2O3. The molecule has 0 saturated carbocycles. The first-order valence-electron chi connectivity index (χ1n) is 7.48. The topological polar surface area (TPSA) is 66.5 Å². The Morgan fingerprint density at radius 3 is 2.17 bits per heavy atom. The summed E-state index contributed by atoms with van der Waals surface area (Å²) in [5.74, 6) is -1.32. The van der Waals surface area contributed by atoms with E-state index in [0.717, 1.165) is 4.90 Å². The predicted octanol–water partition coefficient (Wildman–Crippen LogP) is 3.74. The molecule has 2 aromatic rings. The molecule has 6 heteroatoms. The van der Waals surface area contributed by atoms with Gasteiger partial charge < -0.3 is 5.32 Å². The number of rotatable bonds is 3. The summed E-state index contributed by atoms with van der Waals surface area (Å²) < 4.78 is 0. The second-order valence-electron chi connectivity index (χ2n) is 5.80. The Balaban J connectivity index is 2.07. The van der Waals surface area contributed by atoms with Crippen LogP contribution in [0.15, 0.2) is 42.5 Å². The van der Waals surface area contributed by atoms with Crippen LogP contribution in [0.4, 0.5) is 11.4 Å². The zero-order valence-corrected chi connectivity index (χ0v) is 13.9. The van der Waals surface area contributed by atoms with E-state index in [1.54, 1.807) is 50.2 Å². The van der Waals surface area contributed by atoms with E-state index >= 15 is 0 Å². The van der Waals surface area contributed by atoms with Gasteiger partial charge in [-0.05, 0) is 30.3 Å². The summed E-state index contributed by atoms with van der Waals surface area (Å²) >= 11 is 6.04. The molecule has 24 heavy (non-hydrogen) atoms. The standard InChI is InChI=1S/C18H15ClN2O3/c1-10(2)16(22)20-14-8-7-11(19)9-15(14)21-17(23)12-5-3-4-6-13(12)18(21)24/h3-10H,1-2H3,(H,20,22). The number of halogens is 1. The molecule has 0 aliphatic carbocycles. The van der Waals surface area contributed by atoms with Crippen LogP contribution in [-0.4, -0.2) is 17.7 Å². The van der Waals surface area contributed by atoms with Gasteiger partial charge >= 0.3 is 0 Å². The van der Waals surface area contributed by atoms with Gasteiger partial charge in [0.1, 0.15) is 0 Å². The van der Waals surface area contributed by atoms with Gasteiger partial charge in [0.05, 0.1) is 22.5 Å². The van der Waals surface area contributed by atoms with E-state index in [9.17, 15) is 14.4 Å². The maximum absolute atomic E-state index is 12.6. The average molecular weight is 343 g/mol. The lowest BCUT2D eigenvalue weighted by Crippen LogP contribution is -2.31. The van der Waals surface area contributed by atoms with Gasteiger partial charge in [-0.25, -0.2) is 4.90 Å². The molecule has 0 saturated heterocycles. The van der Waals surface area contributed by atoms with Crippen molar-refractivity contribution in [3.63, 3.8) is 0 Å². The number of benzene rings is 2. The zero-order valence-electron chi connectivity index (χ0n) is 13.2. The van der Waals surface area contributed by atoms with Crippen molar-refractivity contribution in [1.82, 2.24) is 0 Å². The summed E-state index contributed by atoms with van der Waals surface area (Å²) in [4.78, 5) is 38.3. The molecular weight excluding hydrogens is 328 g/mol. The minimum absolute atomic E-state index is 0.213. The second-order valence-corrected chi connectivity index (χ2v) is 6.23. The molecule has 1 aliphatic heterocycles. The molecule has 0 fully saturated rings. The van der Waals surface area contributed by atoms with Gasteiger partial charge in [0.25, 0.3) is 11.8 Å². The molecule has 1 N–H and O–H groups in total. The third-order valence-corrected chi connectivity index (χ3v) is 4.01. The van der Waals surface area contributed by atoms with Crippen molar-refractivity contribution in [2.45, 2.75) is 13.8 Å². The van der Waals surface area contributed by atoms with Crippen LogP contribution in [0.2, 0.25) is 5.02 Å². The van der Waals surface area contributed by atoms with E-state index in [1.165, 1.54) is 6.07 Å². The van der Waals surface area contributed by atoms with Gasteiger partial charge in [0.15, 0.2) is 0 Å². The van der Waals surface area contributed by atoms with Crippen molar-refractivity contribution in [1.29, 1.82) is 0 Å². The van der Waals surface area contributed by atoms with Crippen molar-refractivity contribution < 1.29 is 14.4 Å². The summed E-state index contributed by atoms with van der Waals surface area (Å²) in [6.45, 7) is 3.51. The van der Waals surface area contributed by atoms with Gasteiger partial charge in [-0.15, -0.1) is 0 Å². The van der Waals surface area contributed by atoms with Crippen molar-refractivity contribution in [3.05, 3.63) is 58.6 Å². The van der Waals surface area contributed by atoms with E-state index in [4.69, 9.17) is 11.6 Å². The lowest BCUT2D eigenvalue weighted by Gasteiger charge is -2.19. The molecule has 5 nitrogen and oxygen atoms in total. The van der Waals surface area contributed by atoms with Gasteiger partial charge in [-0.3, -0.25) is 14.4 Å². The van der Waals surface area contributed by atoms with Crippen LogP contribution in [0.25, 0.3) is 0 Å². The summed E-state index contributed by atoms with van der Waals surface area (Å²) in [6, 6.07) is 11.3. The zero-order chi connectivity index (χ0) is 17.4. The molecule has 1 heterocycles. The van der Waals surface area contributed by atoms with Crippen LogP contribution in [0, 0.1) is 5.92 Å². The first kappa shape index (κ1) is 16.2. The Bertz CT molecular complexity index is 826. The highest BCUT2D eigenvalue weighted by Gasteiger charge is 2.37. The van der Waals surface area contributed by atoms with E-state index in [0.29, 0.717) is 21.8 Å². The van der Waals surface area contributed by atoms with Crippen LogP contribution >= 0.6 is 11.6 Å². The van der Waals surface area contributed by atoms with Crippen LogP contribution in [0.3, 0.4) is 0 Å². The van der Waals surface area contributed by atoms with Gasteiger partial charge in [0.2, 0.25) is 5.91 Å². The molecule has 0 bridgehead atoms. The lowest BCUT2D eigenvalue weighted by atomic mass is 10.1. The van der Waals surface area contributed by atoms with Crippen LogP contribution in [0.5, 0.6) is 0 Å². The number of nitrogens with one attached hydrogen (secondary N) is 1. The number of hydrogen-bond acceptors (Lipinski definition) is 3. The Morgan fingerprint density at radius 2 is 1.62 bits per heavy atom. The molecule has 0 spiro atoms. The summed E-state index contributed by atoms with van der Waals surface area (Å²) in [7, 11) is 0. The molecule has 0 atom stereocenters. The molecule has 3 rings (SSSR count). The maximum Gasteiger partial charge on any atom is 0.266 e. The van der Waals surface area contributed by atoms with Crippen LogP contribution in [-0.2, 0) is 4.79 Å². The monoisotopic (exact) mass is 342 g/mol. The first-order chi connectivity index (χ1) is 11.4. The van der Waals surface area contributed by atoms with E-state index in [2.05, 4.69) is 5.32 Å². The smallest absolute Gasteiger partial charge is 0.266 e. The highest BCUT2D eigenvalue weighted by Crippen LogP contribution is 2.35. The SMILES string of the molecule is CC(C)C(=O)Nc1ccc(Cl)cc1N1C(=O)c2ccccc2C1=O. The van der Waals surface area contributed by atoms with Crippen molar-refractivity contribution in [2.24, 2.45) is 5.92 Å². The molecule has 122 valence electrons. The number of carbonyl (C=O) groups is 3. The van der Waals surface area contributed by atoms with Crippen molar-refractivity contribution in [3.8, 4) is 0 Å². The fourth-order valence-electron chi connectivity index (χ4n) is 2.48. The number of nitrogens with zero attached hydrogens (tertiary/aromatic N) is 1. The molecule has 3 amide bonds. The van der Waals surface area contributed by atoms with Gasteiger partial charge in [-0.1, -0.05) is 37.6 Å². The third-order valence-electron chi connectivity index (χ3n) is 3.78. The van der Waals surface area contributed by atoms with Gasteiger partial charge in [0, 0.05) is 10.9 Å². The molecule has 0 unspecified atom stereocenters. The molecule has 2 aromatic carbocycles. The first-order valence-corrected chi connectivity index (χ1v) is 7.86. The predicted molar refractivity (Wildman–Crippen MR) is 92.5 cm³/mol. The van der Waals surface area contributed by atoms with E-state index < -0.39 is 11.8 Å². The van der Waals surface area contributed by atoms with Gasteiger partial charge in [-0.2, -0.15) is 0 Å². The van der Waals surface area contributed by atoms with Crippen molar-refractivity contribution in [2.75, 3.05) is 10.2 Å². The number of amides is 3. The average Bonchev–Trinajstić information content (AvgIpc) is 2.81. The molecule has 1 aliphatic rings. The second kappa shape index (κ2) is 6.09. The number of hydrogen-bond donors (Lipinski definition) is 1. The Morgan fingerprint density at radius 1 is 1.04 bits per heavy atom. The Kier molecular flexibility index (Phi) is 4.11. The lowest BCUT2D eigenvalue weighted by molar-refractivity contribution is -0.118. The highest BCUT2D eigenvalue weighted by molar-refractivity contribution is 6.36. The summed E-state index contributed by atoms with van der Waals surface area (Å²) in [5.41, 5.74) is 1.31. The Hall–Kier alpha value is -2.66. The molecule has 0 radical (unpaired) electrons. The van der Waals surface area contributed by atoms with Crippen molar-refractivity contribution >= 4 is 40.7 Å². The quantitative estimate of drug-likeness (QED) is 0.864. The van der Waals surface area contributed by atoms with Crippen LogP contribution < -0.4 is 10.2 Å². The number of fused-ring (bicyclic) bond motifs is 1. The largest absolute Gasteiger partial charge is 0.324 e. The minimum Gasteiger partial charge on any atom is -0.324 e. The normalized spacial score (nSPS) is 13.4. The fraction of sp³-hybridized carbons (Fsp3) is 0.167. The minimum atomic E-state index is -0.432. The number of carbonyl (C=O) groups excluding carboxylic acids is 3. The Labute approximate surface area is 144 Å².